The first-order valence-corrected chi connectivity index (χ1v) is 21.7. The Morgan fingerprint density at radius 2 is 0.882 bits per heavy atom. The van der Waals surface area contributed by atoms with Crippen molar-refractivity contribution in [2.45, 2.75) is 212 Å². The topological polar surface area (TPSA) is 69.6 Å². The van der Waals surface area contributed by atoms with E-state index in [4.69, 9.17) is 0 Å². The molecule has 1 amide bonds. The summed E-state index contributed by atoms with van der Waals surface area (Å²) >= 11 is 0. The van der Waals surface area contributed by atoms with Crippen molar-refractivity contribution in [2.75, 3.05) is 6.61 Å². The average Bonchev–Trinajstić information content (AvgIpc) is 3.13. The quantitative estimate of drug-likeness (QED) is 0.0441. The van der Waals surface area contributed by atoms with Crippen LogP contribution in [-0.4, -0.2) is 34.9 Å². The van der Waals surface area contributed by atoms with Crippen molar-refractivity contribution in [3.05, 3.63) is 72.9 Å². The normalized spacial score (nSPS) is 13.7. The number of carbonyl (C=O) groups is 1. The zero-order valence-electron chi connectivity index (χ0n) is 33.6. The van der Waals surface area contributed by atoms with Gasteiger partial charge in [-0.3, -0.25) is 4.79 Å². The van der Waals surface area contributed by atoms with Gasteiger partial charge in [-0.05, 0) is 77.0 Å². The van der Waals surface area contributed by atoms with E-state index in [-0.39, 0.29) is 12.5 Å². The van der Waals surface area contributed by atoms with E-state index in [1.165, 1.54) is 122 Å². The fraction of sp³-hybridized carbons (Fsp3) is 0.723. The predicted octanol–water partition coefficient (Wildman–Crippen LogP) is 13.5. The van der Waals surface area contributed by atoms with Crippen LogP contribution in [0.4, 0.5) is 0 Å². The summed E-state index contributed by atoms with van der Waals surface area (Å²) < 4.78 is 0. The van der Waals surface area contributed by atoms with Crippen LogP contribution in [0.15, 0.2) is 72.9 Å². The van der Waals surface area contributed by atoms with E-state index in [2.05, 4.69) is 79.9 Å². The Balaban J connectivity index is 3.53. The summed E-state index contributed by atoms with van der Waals surface area (Å²) in [5.74, 6) is -0.0840. The minimum absolute atomic E-state index is 0.0840. The maximum atomic E-state index is 12.3. The van der Waals surface area contributed by atoms with Crippen LogP contribution in [0, 0.1) is 0 Å². The summed E-state index contributed by atoms with van der Waals surface area (Å²) in [4.78, 5) is 12.3. The van der Waals surface area contributed by atoms with Gasteiger partial charge < -0.3 is 15.5 Å². The highest BCUT2D eigenvalue weighted by atomic mass is 16.3. The van der Waals surface area contributed by atoms with Crippen molar-refractivity contribution in [3.63, 3.8) is 0 Å². The predicted molar refractivity (Wildman–Crippen MR) is 225 cm³/mol. The summed E-state index contributed by atoms with van der Waals surface area (Å²) in [5, 5.41) is 22.8. The molecule has 4 nitrogen and oxygen atoms in total. The molecule has 0 aliphatic rings. The largest absolute Gasteiger partial charge is 0.394 e. The molecule has 0 radical (unpaired) electrons. The fourth-order valence-electron chi connectivity index (χ4n) is 6.11. The minimum atomic E-state index is -0.870. The number of allylic oxidation sites excluding steroid dienone is 11. The maximum Gasteiger partial charge on any atom is 0.220 e. The molecule has 0 saturated heterocycles. The SMILES string of the molecule is CC/C=C/CC/C=C/CC/C=C/C(O)C(CO)NC(=O)CCCCCCCCCCCCCCCC/C=C\C/C=C\C/C=C\CCCCCCC. The first-order valence-electron chi connectivity index (χ1n) is 21.7. The van der Waals surface area contributed by atoms with Gasteiger partial charge >= 0.3 is 0 Å². The highest BCUT2D eigenvalue weighted by molar-refractivity contribution is 5.76. The standard InChI is InChI=1S/C47H83NO3/c1-3-5-7-9-11-13-15-16-17-18-19-20-21-22-23-24-25-26-27-28-29-30-31-32-33-35-37-39-41-43-47(51)48-45(44-49)46(50)42-40-38-36-34-14-12-10-8-6-4-2/h6,8,14-16,18-19,21-22,34,40,42,45-46,49-50H,3-5,7,9-13,17,20,23-33,35-39,41,43-44H2,1-2H3,(H,48,51)/b8-6+,16-15-,19-18-,22-21-,34-14+,42-40+. The van der Waals surface area contributed by atoms with E-state index in [9.17, 15) is 15.0 Å². The van der Waals surface area contributed by atoms with Gasteiger partial charge in [0.15, 0.2) is 0 Å². The lowest BCUT2D eigenvalue weighted by Crippen LogP contribution is -2.45. The van der Waals surface area contributed by atoms with Crippen molar-refractivity contribution in [3.8, 4) is 0 Å². The van der Waals surface area contributed by atoms with Crippen LogP contribution in [0.2, 0.25) is 0 Å². The Bertz CT molecular complexity index is 899. The number of amides is 1. The molecule has 0 aliphatic heterocycles. The summed E-state index contributed by atoms with van der Waals surface area (Å²) in [7, 11) is 0. The van der Waals surface area contributed by atoms with E-state index < -0.39 is 12.1 Å². The Morgan fingerprint density at radius 1 is 0.490 bits per heavy atom. The Kier molecular flexibility index (Phi) is 40.4. The van der Waals surface area contributed by atoms with Crippen LogP contribution in [0.5, 0.6) is 0 Å². The summed E-state index contributed by atoms with van der Waals surface area (Å²) in [6.45, 7) is 4.15. The lowest BCUT2D eigenvalue weighted by molar-refractivity contribution is -0.123. The second-order valence-electron chi connectivity index (χ2n) is 14.4. The van der Waals surface area contributed by atoms with Gasteiger partial charge in [-0.15, -0.1) is 0 Å². The second-order valence-corrected chi connectivity index (χ2v) is 14.4. The second kappa shape index (κ2) is 42.2. The van der Waals surface area contributed by atoms with Crippen LogP contribution in [0.25, 0.3) is 0 Å². The van der Waals surface area contributed by atoms with Crippen molar-refractivity contribution >= 4 is 5.91 Å². The van der Waals surface area contributed by atoms with Gasteiger partial charge in [-0.2, -0.15) is 0 Å². The van der Waals surface area contributed by atoms with Crippen molar-refractivity contribution in [1.29, 1.82) is 0 Å². The smallest absolute Gasteiger partial charge is 0.220 e. The molecule has 4 heteroatoms. The van der Waals surface area contributed by atoms with Gasteiger partial charge in [-0.1, -0.05) is 189 Å². The van der Waals surface area contributed by atoms with Gasteiger partial charge in [0.05, 0.1) is 18.8 Å². The zero-order chi connectivity index (χ0) is 37.1. The first kappa shape index (κ1) is 48.8. The molecule has 2 unspecified atom stereocenters. The molecule has 294 valence electrons. The van der Waals surface area contributed by atoms with Crippen LogP contribution < -0.4 is 5.32 Å². The van der Waals surface area contributed by atoms with E-state index >= 15 is 0 Å². The molecule has 0 aromatic heterocycles. The third-order valence-corrected chi connectivity index (χ3v) is 9.40. The molecule has 0 aromatic rings. The van der Waals surface area contributed by atoms with Crippen molar-refractivity contribution in [2.24, 2.45) is 0 Å². The maximum absolute atomic E-state index is 12.3. The van der Waals surface area contributed by atoms with Crippen molar-refractivity contribution in [1.82, 2.24) is 5.32 Å². The number of aliphatic hydroxyl groups is 2. The monoisotopic (exact) mass is 710 g/mol. The van der Waals surface area contributed by atoms with Crippen LogP contribution >= 0.6 is 0 Å². The van der Waals surface area contributed by atoms with E-state index in [1.54, 1.807) is 6.08 Å². The third-order valence-electron chi connectivity index (χ3n) is 9.40. The fourth-order valence-corrected chi connectivity index (χ4v) is 6.11. The zero-order valence-corrected chi connectivity index (χ0v) is 33.6. The van der Waals surface area contributed by atoms with E-state index in [0.717, 1.165) is 57.8 Å². The highest BCUT2D eigenvalue weighted by Gasteiger charge is 2.17. The molecular formula is C47H83NO3. The van der Waals surface area contributed by atoms with Gasteiger partial charge in [-0.25, -0.2) is 0 Å². The van der Waals surface area contributed by atoms with Gasteiger partial charge in [0.25, 0.3) is 0 Å². The van der Waals surface area contributed by atoms with Crippen LogP contribution in [-0.2, 0) is 4.79 Å². The Morgan fingerprint density at radius 3 is 1.35 bits per heavy atom. The molecule has 0 aromatic carbocycles. The van der Waals surface area contributed by atoms with Crippen LogP contribution in [0.3, 0.4) is 0 Å². The molecule has 0 saturated carbocycles. The molecule has 0 aliphatic carbocycles. The van der Waals surface area contributed by atoms with Crippen LogP contribution in [0.1, 0.15) is 200 Å². The molecule has 0 heterocycles. The number of hydrogen-bond acceptors (Lipinski definition) is 3. The average molecular weight is 710 g/mol. The number of rotatable bonds is 38. The van der Waals surface area contributed by atoms with Gasteiger partial charge in [0, 0.05) is 6.42 Å². The molecular weight excluding hydrogens is 627 g/mol. The molecule has 0 rings (SSSR count). The number of aliphatic hydroxyl groups excluding tert-OH is 2. The number of hydrogen-bond donors (Lipinski definition) is 3. The molecule has 0 spiro atoms. The Labute approximate surface area is 317 Å². The molecule has 0 bridgehead atoms. The van der Waals surface area contributed by atoms with E-state index in [0.29, 0.717) is 6.42 Å². The highest BCUT2D eigenvalue weighted by Crippen LogP contribution is 2.14. The summed E-state index contributed by atoms with van der Waals surface area (Å²) in [6.07, 6.45) is 60.2. The van der Waals surface area contributed by atoms with Gasteiger partial charge in [0.2, 0.25) is 5.91 Å². The van der Waals surface area contributed by atoms with Gasteiger partial charge in [0.1, 0.15) is 0 Å². The van der Waals surface area contributed by atoms with Crippen molar-refractivity contribution < 1.29 is 15.0 Å². The third kappa shape index (κ3) is 38.9. The summed E-state index contributed by atoms with van der Waals surface area (Å²) in [5.41, 5.74) is 0. The van der Waals surface area contributed by atoms with E-state index in [1.807, 2.05) is 6.08 Å². The molecule has 51 heavy (non-hydrogen) atoms. The molecule has 3 N–H and O–H groups in total. The molecule has 2 atom stereocenters. The lowest BCUT2D eigenvalue weighted by atomic mass is 10.0. The first-order chi connectivity index (χ1) is 25.2. The Hall–Kier alpha value is -2.17. The lowest BCUT2D eigenvalue weighted by Gasteiger charge is -2.19. The minimum Gasteiger partial charge on any atom is -0.394 e. The summed E-state index contributed by atoms with van der Waals surface area (Å²) in [6, 6.07) is -0.646. The number of nitrogens with one attached hydrogen (secondary N) is 1. The molecule has 0 fully saturated rings. The number of carbonyl (C=O) groups excluding carboxylic acids is 1. The number of unbranched alkanes of at least 4 members (excludes halogenated alkanes) is 21.